The molecule has 0 saturated carbocycles. The summed E-state index contributed by atoms with van der Waals surface area (Å²) in [5.74, 6) is -0.698. The number of carboxylic acids is 1. The highest BCUT2D eigenvalue weighted by Crippen LogP contribution is 2.30. The van der Waals surface area contributed by atoms with Crippen molar-refractivity contribution in [3.8, 4) is 0 Å². The average molecular weight is 298 g/mol. The van der Waals surface area contributed by atoms with Crippen LogP contribution in [-0.2, 0) is 11.2 Å². The lowest BCUT2D eigenvalue weighted by molar-refractivity contribution is -0.137. The van der Waals surface area contributed by atoms with E-state index in [1.54, 1.807) is 0 Å². The van der Waals surface area contributed by atoms with Gasteiger partial charge in [-0.25, -0.2) is 0 Å². The van der Waals surface area contributed by atoms with Gasteiger partial charge in [-0.2, -0.15) is 0 Å². The summed E-state index contributed by atoms with van der Waals surface area (Å²) in [5, 5.41) is 8.57. The van der Waals surface area contributed by atoms with Crippen molar-refractivity contribution in [3.05, 3.63) is 28.2 Å². The van der Waals surface area contributed by atoms with Gasteiger partial charge in [-0.3, -0.25) is 4.79 Å². The van der Waals surface area contributed by atoms with Crippen LogP contribution in [0, 0.1) is 0 Å². The van der Waals surface area contributed by atoms with Crippen LogP contribution in [0.4, 0.5) is 5.69 Å². The molecule has 0 aliphatic carbocycles. The fourth-order valence-corrected chi connectivity index (χ4v) is 2.66. The molecule has 1 aliphatic rings. The Morgan fingerprint density at radius 3 is 3.00 bits per heavy atom. The van der Waals surface area contributed by atoms with Crippen LogP contribution in [-0.4, -0.2) is 24.2 Å². The van der Waals surface area contributed by atoms with Crippen LogP contribution in [0.1, 0.15) is 24.8 Å². The number of halogens is 1. The topological polar surface area (TPSA) is 40.5 Å². The van der Waals surface area contributed by atoms with E-state index in [4.69, 9.17) is 5.11 Å². The molecule has 92 valence electrons. The molecule has 0 unspecified atom stereocenters. The van der Waals surface area contributed by atoms with Crippen molar-refractivity contribution in [2.75, 3.05) is 18.0 Å². The highest BCUT2D eigenvalue weighted by Gasteiger charge is 2.18. The van der Waals surface area contributed by atoms with Crippen molar-refractivity contribution in [3.63, 3.8) is 0 Å². The largest absolute Gasteiger partial charge is 0.481 e. The summed E-state index contributed by atoms with van der Waals surface area (Å²) >= 11 is 3.48. The maximum Gasteiger partial charge on any atom is 0.303 e. The first-order chi connectivity index (χ1) is 8.16. The number of fused-ring (bicyclic) bond motifs is 1. The molecule has 0 aromatic heterocycles. The molecule has 4 heteroatoms. The molecular weight excluding hydrogens is 282 g/mol. The molecule has 0 fully saturated rings. The Hall–Kier alpha value is -1.03. The van der Waals surface area contributed by atoms with Gasteiger partial charge in [0, 0.05) is 29.7 Å². The summed E-state index contributed by atoms with van der Waals surface area (Å²) in [6.45, 7) is 2.01. The van der Waals surface area contributed by atoms with Crippen molar-refractivity contribution >= 4 is 27.6 Å². The minimum Gasteiger partial charge on any atom is -0.481 e. The van der Waals surface area contributed by atoms with Crippen molar-refractivity contribution in [2.45, 2.75) is 25.7 Å². The monoisotopic (exact) mass is 297 g/mol. The number of carbonyl (C=O) groups is 1. The lowest BCUT2D eigenvalue weighted by Gasteiger charge is -2.19. The molecule has 1 aromatic rings. The molecule has 1 aliphatic heterocycles. The molecule has 0 saturated heterocycles. The number of hydrogen-bond acceptors (Lipinski definition) is 2. The first kappa shape index (κ1) is 12.4. The van der Waals surface area contributed by atoms with Gasteiger partial charge >= 0.3 is 5.97 Å². The Kier molecular flexibility index (Phi) is 4.05. The molecule has 17 heavy (non-hydrogen) atoms. The van der Waals surface area contributed by atoms with Crippen LogP contribution in [0.2, 0.25) is 0 Å². The Morgan fingerprint density at radius 1 is 1.41 bits per heavy atom. The van der Waals surface area contributed by atoms with Crippen molar-refractivity contribution in [2.24, 2.45) is 0 Å². The summed E-state index contributed by atoms with van der Waals surface area (Å²) < 4.78 is 1.13. The van der Waals surface area contributed by atoms with E-state index in [-0.39, 0.29) is 6.42 Å². The number of benzene rings is 1. The molecule has 0 amide bonds. The zero-order valence-corrected chi connectivity index (χ0v) is 11.2. The van der Waals surface area contributed by atoms with Gasteiger partial charge in [0.2, 0.25) is 0 Å². The molecule has 1 heterocycles. The van der Waals surface area contributed by atoms with E-state index in [9.17, 15) is 4.79 Å². The van der Waals surface area contributed by atoms with Gasteiger partial charge in [0.25, 0.3) is 0 Å². The van der Waals surface area contributed by atoms with Gasteiger partial charge in [-0.05, 0) is 43.0 Å². The standard InChI is InChI=1S/C13H16BrNO2/c14-11-4-5-12-10(9-11)6-8-15(12)7-2-1-3-13(16)17/h4-5,9H,1-3,6-8H2,(H,16,17). The highest BCUT2D eigenvalue weighted by molar-refractivity contribution is 9.10. The summed E-state index contributed by atoms with van der Waals surface area (Å²) in [4.78, 5) is 12.8. The predicted octanol–water partition coefficient (Wildman–Crippen LogP) is 3.07. The molecule has 0 atom stereocenters. The second kappa shape index (κ2) is 5.54. The SMILES string of the molecule is O=C(O)CCCCN1CCc2cc(Br)ccc21. The van der Waals surface area contributed by atoms with Crippen LogP contribution in [0.15, 0.2) is 22.7 Å². The van der Waals surface area contributed by atoms with Crippen LogP contribution >= 0.6 is 15.9 Å². The predicted molar refractivity (Wildman–Crippen MR) is 71.5 cm³/mol. The number of unbranched alkanes of at least 4 members (excludes halogenated alkanes) is 1. The molecule has 0 bridgehead atoms. The number of nitrogens with zero attached hydrogens (tertiary/aromatic N) is 1. The van der Waals surface area contributed by atoms with E-state index in [2.05, 4.69) is 39.0 Å². The van der Waals surface area contributed by atoms with Crippen LogP contribution in [0.5, 0.6) is 0 Å². The quantitative estimate of drug-likeness (QED) is 0.849. The summed E-state index contributed by atoms with van der Waals surface area (Å²) in [7, 11) is 0. The Balaban J connectivity index is 1.87. The maximum atomic E-state index is 10.4. The lowest BCUT2D eigenvalue weighted by atomic mass is 10.2. The van der Waals surface area contributed by atoms with E-state index < -0.39 is 5.97 Å². The molecular formula is C13H16BrNO2. The summed E-state index contributed by atoms with van der Waals surface area (Å²) in [6.07, 6.45) is 3.08. The van der Waals surface area contributed by atoms with Gasteiger partial charge in [-0.15, -0.1) is 0 Å². The average Bonchev–Trinajstić information content (AvgIpc) is 2.66. The van der Waals surface area contributed by atoms with Crippen molar-refractivity contribution < 1.29 is 9.90 Å². The Morgan fingerprint density at radius 2 is 2.24 bits per heavy atom. The van der Waals surface area contributed by atoms with Gasteiger partial charge in [-0.1, -0.05) is 15.9 Å². The second-order valence-electron chi connectivity index (χ2n) is 4.36. The summed E-state index contributed by atoms with van der Waals surface area (Å²) in [6, 6.07) is 6.38. The fourth-order valence-electron chi connectivity index (χ4n) is 2.25. The maximum absolute atomic E-state index is 10.4. The number of anilines is 1. The minimum absolute atomic E-state index is 0.279. The van der Waals surface area contributed by atoms with E-state index >= 15 is 0 Å². The Labute approximate surface area is 110 Å². The zero-order chi connectivity index (χ0) is 12.3. The van der Waals surface area contributed by atoms with Gasteiger partial charge < -0.3 is 10.0 Å². The van der Waals surface area contributed by atoms with E-state index in [0.29, 0.717) is 0 Å². The zero-order valence-electron chi connectivity index (χ0n) is 9.66. The number of rotatable bonds is 5. The van der Waals surface area contributed by atoms with Crippen molar-refractivity contribution in [1.29, 1.82) is 0 Å². The van der Waals surface area contributed by atoms with Gasteiger partial charge in [0.15, 0.2) is 0 Å². The summed E-state index contributed by atoms with van der Waals surface area (Å²) in [5.41, 5.74) is 2.70. The third-order valence-electron chi connectivity index (χ3n) is 3.10. The van der Waals surface area contributed by atoms with Gasteiger partial charge in [0.1, 0.15) is 0 Å². The fraction of sp³-hybridized carbons (Fsp3) is 0.462. The van der Waals surface area contributed by atoms with E-state index in [0.717, 1.165) is 36.8 Å². The smallest absolute Gasteiger partial charge is 0.303 e. The molecule has 1 N–H and O–H groups in total. The normalized spacial score (nSPS) is 13.8. The first-order valence-corrected chi connectivity index (χ1v) is 6.71. The van der Waals surface area contributed by atoms with Crippen LogP contribution in [0.3, 0.4) is 0 Å². The lowest BCUT2D eigenvalue weighted by Crippen LogP contribution is -2.21. The number of carboxylic acid groups (broad SMARTS) is 1. The van der Waals surface area contributed by atoms with Crippen LogP contribution in [0.25, 0.3) is 0 Å². The van der Waals surface area contributed by atoms with Gasteiger partial charge in [0.05, 0.1) is 0 Å². The number of hydrogen-bond donors (Lipinski definition) is 1. The second-order valence-corrected chi connectivity index (χ2v) is 5.28. The highest BCUT2D eigenvalue weighted by atomic mass is 79.9. The van der Waals surface area contributed by atoms with E-state index in [1.807, 2.05) is 0 Å². The molecule has 3 nitrogen and oxygen atoms in total. The van der Waals surface area contributed by atoms with E-state index in [1.165, 1.54) is 11.3 Å². The molecule has 1 aromatic carbocycles. The third-order valence-corrected chi connectivity index (χ3v) is 3.60. The minimum atomic E-state index is -0.698. The van der Waals surface area contributed by atoms with Crippen LogP contribution < -0.4 is 4.90 Å². The number of aliphatic carboxylic acids is 1. The molecule has 0 spiro atoms. The van der Waals surface area contributed by atoms with Crippen molar-refractivity contribution in [1.82, 2.24) is 0 Å². The molecule has 0 radical (unpaired) electrons. The Bertz CT molecular complexity index is 420. The first-order valence-electron chi connectivity index (χ1n) is 5.92. The third kappa shape index (κ3) is 3.22. The molecule has 2 rings (SSSR count).